The molecule has 0 N–H and O–H groups in total. The minimum atomic E-state index is -3.74. The van der Waals surface area contributed by atoms with Gasteiger partial charge in [-0.25, -0.2) is 4.98 Å². The fourth-order valence-electron chi connectivity index (χ4n) is 5.16. The Morgan fingerprint density at radius 3 is 2.24 bits per heavy atom. The molecule has 0 atom stereocenters. The van der Waals surface area contributed by atoms with E-state index in [1.165, 1.54) is 8.61 Å². The predicted molar refractivity (Wildman–Crippen MR) is 147 cm³/mol. The smallest absolute Gasteiger partial charge is 0.303 e. The molecule has 0 aliphatic carbocycles. The van der Waals surface area contributed by atoms with Crippen molar-refractivity contribution in [3.05, 3.63) is 24.0 Å². The van der Waals surface area contributed by atoms with E-state index >= 15 is 0 Å². The Bertz CT molecular complexity index is 1230. The standard InChI is InChI=1S/C27H43N5O4S/c1-26(2,3)24-28-22-18-21(8-9-23(22)32(24)19-20-10-16-36-17-11-20)29(7)37(34,35)31-14-12-30(13-15-31)25(33)27(4,5)6/h8-9,18,20H,10-17,19H2,1-7H3. The molecular formula is C27H43N5O4S. The third kappa shape index (κ3) is 5.81. The molecular weight excluding hydrogens is 490 g/mol. The maximum absolute atomic E-state index is 13.5. The third-order valence-corrected chi connectivity index (χ3v) is 9.31. The molecule has 3 heterocycles. The molecule has 37 heavy (non-hydrogen) atoms. The lowest BCUT2D eigenvalue weighted by Crippen LogP contribution is -2.55. The molecule has 2 fully saturated rings. The second-order valence-electron chi connectivity index (χ2n) is 12.4. The van der Waals surface area contributed by atoms with Gasteiger partial charge in [-0.3, -0.25) is 9.10 Å². The molecule has 0 bridgehead atoms. The molecule has 0 unspecified atom stereocenters. The number of carbonyl (C=O) groups is 1. The maximum Gasteiger partial charge on any atom is 0.303 e. The van der Waals surface area contributed by atoms with Crippen LogP contribution in [0.4, 0.5) is 5.69 Å². The Balaban J connectivity index is 1.57. The second kappa shape index (κ2) is 10.2. The zero-order chi connectivity index (χ0) is 27.2. The third-order valence-electron chi connectivity index (χ3n) is 7.39. The summed E-state index contributed by atoms with van der Waals surface area (Å²) in [4.78, 5) is 19.4. The summed E-state index contributed by atoms with van der Waals surface area (Å²) in [5.74, 6) is 1.60. The van der Waals surface area contributed by atoms with Crippen molar-refractivity contribution >= 4 is 32.8 Å². The van der Waals surface area contributed by atoms with Gasteiger partial charge in [-0.1, -0.05) is 41.5 Å². The number of nitrogens with zero attached hydrogens (tertiary/aromatic N) is 5. The molecule has 1 amide bonds. The summed E-state index contributed by atoms with van der Waals surface area (Å²) in [6, 6.07) is 5.74. The van der Waals surface area contributed by atoms with Crippen molar-refractivity contribution in [1.82, 2.24) is 18.8 Å². The van der Waals surface area contributed by atoms with Gasteiger partial charge >= 0.3 is 10.2 Å². The highest BCUT2D eigenvalue weighted by Crippen LogP contribution is 2.32. The Labute approximate surface area is 221 Å². The van der Waals surface area contributed by atoms with Gasteiger partial charge < -0.3 is 14.2 Å². The normalized spacial score (nSPS) is 18.9. The Morgan fingerprint density at radius 2 is 1.68 bits per heavy atom. The number of hydrogen-bond donors (Lipinski definition) is 0. The number of hydrogen-bond acceptors (Lipinski definition) is 5. The number of amides is 1. The topological polar surface area (TPSA) is 88.0 Å². The Morgan fingerprint density at radius 1 is 1.05 bits per heavy atom. The van der Waals surface area contributed by atoms with E-state index in [0.29, 0.717) is 24.7 Å². The minimum absolute atomic E-state index is 0.0503. The molecule has 0 radical (unpaired) electrons. The highest BCUT2D eigenvalue weighted by molar-refractivity contribution is 7.90. The van der Waals surface area contributed by atoms with Crippen molar-refractivity contribution in [2.45, 2.75) is 66.3 Å². The Hall–Kier alpha value is -2.17. The van der Waals surface area contributed by atoms with Crippen molar-refractivity contribution in [2.24, 2.45) is 11.3 Å². The second-order valence-corrected chi connectivity index (χ2v) is 14.4. The van der Waals surface area contributed by atoms with Gasteiger partial charge in [0.15, 0.2) is 0 Å². The number of benzene rings is 1. The summed E-state index contributed by atoms with van der Waals surface area (Å²) in [6.45, 7) is 16.0. The van der Waals surface area contributed by atoms with Crippen LogP contribution in [-0.2, 0) is 31.7 Å². The fourth-order valence-corrected chi connectivity index (χ4v) is 6.51. The van der Waals surface area contributed by atoms with E-state index in [-0.39, 0.29) is 24.4 Å². The van der Waals surface area contributed by atoms with E-state index in [4.69, 9.17) is 9.72 Å². The van der Waals surface area contributed by atoms with Crippen molar-refractivity contribution in [3.63, 3.8) is 0 Å². The molecule has 0 spiro atoms. The van der Waals surface area contributed by atoms with Crippen LogP contribution in [0.25, 0.3) is 11.0 Å². The molecule has 2 saturated heterocycles. The van der Waals surface area contributed by atoms with Crippen LogP contribution in [0.15, 0.2) is 18.2 Å². The van der Waals surface area contributed by atoms with Crippen LogP contribution >= 0.6 is 0 Å². The maximum atomic E-state index is 13.5. The first-order chi connectivity index (χ1) is 17.2. The zero-order valence-corrected chi connectivity index (χ0v) is 24.3. The highest BCUT2D eigenvalue weighted by atomic mass is 32.2. The van der Waals surface area contributed by atoms with Crippen molar-refractivity contribution in [1.29, 1.82) is 0 Å². The van der Waals surface area contributed by atoms with E-state index < -0.39 is 15.6 Å². The van der Waals surface area contributed by atoms with Crippen LogP contribution in [0.3, 0.4) is 0 Å². The molecule has 4 rings (SSSR count). The molecule has 2 aliphatic heterocycles. The SMILES string of the molecule is CN(c1ccc2c(c1)nc(C(C)(C)C)n2CC1CCOCC1)S(=O)(=O)N1CCN(C(=O)C(C)(C)C)CC1. The van der Waals surface area contributed by atoms with E-state index in [9.17, 15) is 13.2 Å². The zero-order valence-electron chi connectivity index (χ0n) is 23.5. The fraction of sp³-hybridized carbons (Fsp3) is 0.704. The van der Waals surface area contributed by atoms with Gasteiger partial charge in [0.25, 0.3) is 0 Å². The summed E-state index contributed by atoms with van der Waals surface area (Å²) in [5, 5.41) is 0. The van der Waals surface area contributed by atoms with Crippen LogP contribution in [0, 0.1) is 11.3 Å². The van der Waals surface area contributed by atoms with E-state index in [0.717, 1.165) is 49.5 Å². The number of aromatic nitrogens is 2. The van der Waals surface area contributed by atoms with Crippen molar-refractivity contribution in [2.75, 3.05) is 50.7 Å². The van der Waals surface area contributed by atoms with Crippen molar-refractivity contribution < 1.29 is 17.9 Å². The Kier molecular flexibility index (Phi) is 7.67. The highest BCUT2D eigenvalue weighted by Gasteiger charge is 2.35. The molecule has 2 aliphatic rings. The van der Waals surface area contributed by atoms with Gasteiger partial charge in [0.1, 0.15) is 5.82 Å². The van der Waals surface area contributed by atoms with Crippen LogP contribution in [0.5, 0.6) is 0 Å². The minimum Gasteiger partial charge on any atom is -0.381 e. The molecule has 1 aromatic heterocycles. The summed E-state index contributed by atoms with van der Waals surface area (Å²) in [6.07, 6.45) is 2.08. The first kappa shape index (κ1) is 27.9. The van der Waals surface area contributed by atoms with E-state index in [2.05, 4.69) is 25.3 Å². The van der Waals surface area contributed by atoms with Gasteiger partial charge in [0.05, 0.1) is 16.7 Å². The molecule has 9 nitrogen and oxygen atoms in total. The summed E-state index contributed by atoms with van der Waals surface area (Å²) in [7, 11) is -2.15. The number of ether oxygens (including phenoxy) is 1. The number of anilines is 1. The number of rotatable bonds is 5. The first-order valence-corrected chi connectivity index (χ1v) is 14.7. The number of piperazine rings is 1. The van der Waals surface area contributed by atoms with Crippen LogP contribution in [0.1, 0.15) is 60.2 Å². The molecule has 2 aromatic rings. The quantitative estimate of drug-likeness (QED) is 0.586. The molecule has 0 saturated carbocycles. The van der Waals surface area contributed by atoms with Gasteiger partial charge in [0.2, 0.25) is 5.91 Å². The van der Waals surface area contributed by atoms with Crippen molar-refractivity contribution in [3.8, 4) is 0 Å². The van der Waals surface area contributed by atoms with Gasteiger partial charge in [-0.15, -0.1) is 0 Å². The average molecular weight is 534 g/mol. The first-order valence-electron chi connectivity index (χ1n) is 13.3. The predicted octanol–water partition coefficient (Wildman–Crippen LogP) is 3.63. The average Bonchev–Trinajstić information content (AvgIpc) is 3.21. The molecule has 1 aromatic carbocycles. The van der Waals surface area contributed by atoms with Gasteiger partial charge in [-0.2, -0.15) is 12.7 Å². The number of imidazole rings is 1. The van der Waals surface area contributed by atoms with Gasteiger partial charge in [0, 0.05) is 63.8 Å². The monoisotopic (exact) mass is 533 g/mol. The summed E-state index contributed by atoms with van der Waals surface area (Å²) in [5.41, 5.74) is 1.79. The lowest BCUT2D eigenvalue weighted by Gasteiger charge is -2.38. The van der Waals surface area contributed by atoms with Crippen LogP contribution < -0.4 is 4.31 Å². The van der Waals surface area contributed by atoms with Crippen LogP contribution in [0.2, 0.25) is 0 Å². The number of fused-ring (bicyclic) bond motifs is 1. The summed E-state index contributed by atoms with van der Waals surface area (Å²) < 4.78 is 37.7. The molecule has 206 valence electrons. The van der Waals surface area contributed by atoms with E-state index in [1.54, 1.807) is 11.9 Å². The lowest BCUT2D eigenvalue weighted by molar-refractivity contribution is -0.140. The van der Waals surface area contributed by atoms with E-state index in [1.807, 2.05) is 39.0 Å². The number of carbonyl (C=O) groups excluding carboxylic acids is 1. The lowest BCUT2D eigenvalue weighted by atomic mass is 9.94. The summed E-state index contributed by atoms with van der Waals surface area (Å²) >= 11 is 0. The van der Waals surface area contributed by atoms with Gasteiger partial charge in [-0.05, 0) is 37.0 Å². The van der Waals surface area contributed by atoms with Crippen LogP contribution in [-0.4, -0.2) is 79.5 Å². The molecule has 10 heteroatoms. The largest absolute Gasteiger partial charge is 0.381 e.